The molecular weight excluding hydrogens is 733 g/mol. The lowest BCUT2D eigenvalue weighted by atomic mass is 10.1. The van der Waals surface area contributed by atoms with Gasteiger partial charge in [-0.15, -0.1) is 0 Å². The van der Waals surface area contributed by atoms with Gasteiger partial charge in [0.1, 0.15) is 17.0 Å². The largest absolute Gasteiger partial charge is 0.465 e. The van der Waals surface area contributed by atoms with Crippen LogP contribution in [-0.4, -0.2) is 80.5 Å². The molecule has 51 heavy (non-hydrogen) atoms. The summed E-state index contributed by atoms with van der Waals surface area (Å²) in [7, 11) is -4.49. The number of hydrogen-bond donors (Lipinski definition) is 3. The molecule has 0 aromatic heterocycles. The maximum atomic E-state index is 14.6. The molecule has 0 saturated carbocycles. The Hall–Kier alpha value is -3.86. The van der Waals surface area contributed by atoms with Gasteiger partial charge in [0.05, 0.1) is 5.02 Å². The molecule has 0 aliphatic carbocycles. The zero-order valence-electron chi connectivity index (χ0n) is 28.3. The van der Waals surface area contributed by atoms with E-state index in [1.807, 2.05) is 0 Å². The van der Waals surface area contributed by atoms with Crippen LogP contribution in [0.4, 0.5) is 19.3 Å². The van der Waals surface area contributed by atoms with Crippen LogP contribution in [-0.2, 0) is 35.6 Å². The average Bonchev–Trinajstić information content (AvgIpc) is 3.06. The molecule has 0 spiro atoms. The summed E-state index contributed by atoms with van der Waals surface area (Å²) in [5.74, 6) is -4.46. The molecule has 0 radical (unpaired) electrons. The number of benzene rings is 3. The number of carbonyl (C=O) groups excluding carboxylic acids is 2. The maximum absolute atomic E-state index is 14.6. The lowest BCUT2D eigenvalue weighted by Gasteiger charge is -2.36. The predicted octanol–water partition coefficient (Wildman–Crippen LogP) is 5.81. The van der Waals surface area contributed by atoms with Crippen LogP contribution in [0.3, 0.4) is 0 Å². The van der Waals surface area contributed by atoms with Crippen LogP contribution in [0.25, 0.3) is 0 Å². The Morgan fingerprint density at radius 2 is 1.57 bits per heavy atom. The van der Waals surface area contributed by atoms with E-state index in [1.54, 1.807) is 51.1 Å². The summed E-state index contributed by atoms with van der Waals surface area (Å²) >= 11 is 12.1. The van der Waals surface area contributed by atoms with E-state index in [2.05, 4.69) is 10.0 Å². The first-order valence-electron chi connectivity index (χ1n) is 15.9. The molecule has 3 aromatic carbocycles. The Labute approximate surface area is 305 Å². The molecular formula is C34H40Cl2F2N4O8S. The number of amides is 3. The molecule has 278 valence electrons. The summed E-state index contributed by atoms with van der Waals surface area (Å²) in [4.78, 5) is 42.2. The van der Waals surface area contributed by atoms with Gasteiger partial charge in [0.25, 0.3) is 5.91 Å². The van der Waals surface area contributed by atoms with Crippen LogP contribution in [0.5, 0.6) is 0 Å². The van der Waals surface area contributed by atoms with Gasteiger partial charge in [0.15, 0.2) is 17.9 Å². The highest BCUT2D eigenvalue weighted by molar-refractivity contribution is 7.89. The number of rotatable bonds is 18. The van der Waals surface area contributed by atoms with Crippen molar-refractivity contribution in [1.29, 1.82) is 0 Å². The number of sulfonamides is 1. The second-order valence-electron chi connectivity index (χ2n) is 11.3. The van der Waals surface area contributed by atoms with E-state index in [-0.39, 0.29) is 22.2 Å². The molecule has 3 amide bonds. The summed E-state index contributed by atoms with van der Waals surface area (Å²) in [6, 6.07) is 10.3. The molecule has 3 aromatic rings. The number of nitrogens with zero attached hydrogens (tertiary/aromatic N) is 2. The second kappa shape index (κ2) is 19.1. The minimum Gasteiger partial charge on any atom is -0.465 e. The maximum Gasteiger partial charge on any atom is 0.408 e. The number of carbonyl (C=O) groups is 3. The first kappa shape index (κ1) is 41.6. The second-order valence-corrected chi connectivity index (χ2v) is 13.9. The molecule has 0 saturated heterocycles. The quantitative estimate of drug-likeness (QED) is 0.137. The number of nitrogens with one attached hydrogen (secondary N) is 2. The van der Waals surface area contributed by atoms with Crippen molar-refractivity contribution in [2.45, 2.75) is 70.0 Å². The van der Waals surface area contributed by atoms with Crippen molar-refractivity contribution < 1.29 is 46.2 Å². The van der Waals surface area contributed by atoms with Gasteiger partial charge < -0.3 is 19.9 Å². The Morgan fingerprint density at radius 1 is 0.922 bits per heavy atom. The van der Waals surface area contributed by atoms with Gasteiger partial charge in [-0.3, -0.25) is 19.4 Å². The lowest BCUT2D eigenvalue weighted by Crippen LogP contribution is -2.59. The fraction of sp³-hybridized carbons (Fsp3) is 0.382. The van der Waals surface area contributed by atoms with Crippen molar-refractivity contribution in [2.75, 3.05) is 24.7 Å². The van der Waals surface area contributed by atoms with Gasteiger partial charge in [0.2, 0.25) is 15.9 Å². The number of anilines is 1. The zero-order chi connectivity index (χ0) is 37.9. The van der Waals surface area contributed by atoms with Crippen molar-refractivity contribution >= 4 is 56.8 Å². The van der Waals surface area contributed by atoms with Gasteiger partial charge in [-0.1, -0.05) is 53.5 Å². The fourth-order valence-corrected chi connectivity index (χ4v) is 6.91. The smallest absolute Gasteiger partial charge is 0.408 e. The van der Waals surface area contributed by atoms with Gasteiger partial charge in [-0.25, -0.2) is 26.7 Å². The Kier molecular flexibility index (Phi) is 15.6. The normalized spacial score (nSPS) is 13.4. The van der Waals surface area contributed by atoms with Crippen LogP contribution >= 0.6 is 23.2 Å². The minimum absolute atomic E-state index is 0.155. The lowest BCUT2D eigenvalue weighted by molar-refractivity contribution is -0.144. The van der Waals surface area contributed by atoms with Gasteiger partial charge >= 0.3 is 6.09 Å². The fourth-order valence-electron chi connectivity index (χ4n) is 5.10. The number of halogens is 4. The summed E-state index contributed by atoms with van der Waals surface area (Å²) in [6.45, 7) is 5.98. The average molecular weight is 774 g/mol. The molecule has 0 bridgehead atoms. The molecule has 0 aliphatic heterocycles. The molecule has 0 heterocycles. The SMILES string of the molecule is CCOC(CC(C)NC(=O)C(C)N(C(=O)C(CNS(=O)(=O)c1ccc(Cl)cc1Cl)N(Cc1ccccc1)C(=O)O)c1ccc(F)c(F)c1)OCC. The van der Waals surface area contributed by atoms with Gasteiger partial charge in [-0.2, -0.15) is 0 Å². The Balaban J connectivity index is 2.08. The number of ether oxygens (including phenoxy) is 2. The summed E-state index contributed by atoms with van der Waals surface area (Å²) < 4.78 is 68.9. The van der Waals surface area contributed by atoms with E-state index in [0.29, 0.717) is 29.7 Å². The monoisotopic (exact) mass is 772 g/mol. The van der Waals surface area contributed by atoms with Crippen LogP contribution in [0.2, 0.25) is 10.0 Å². The van der Waals surface area contributed by atoms with E-state index in [9.17, 15) is 36.7 Å². The first-order chi connectivity index (χ1) is 24.1. The first-order valence-corrected chi connectivity index (χ1v) is 18.1. The summed E-state index contributed by atoms with van der Waals surface area (Å²) in [5, 5.41) is 13.0. The third-order valence-electron chi connectivity index (χ3n) is 7.58. The molecule has 3 atom stereocenters. The third kappa shape index (κ3) is 11.6. The highest BCUT2D eigenvalue weighted by Crippen LogP contribution is 2.27. The van der Waals surface area contributed by atoms with Crippen molar-refractivity contribution in [1.82, 2.24) is 14.9 Å². The standard InChI is InChI=1S/C34H40Cl2F2N4O8S/c1-5-49-31(50-6-2)16-21(3)40-32(43)22(4)42(25-13-14-27(37)28(38)18-25)33(44)29(41(34(45)46)20-23-10-8-7-9-11-23)19-39-51(47,48)30-15-12-24(35)17-26(30)36/h7-15,17-18,21-22,29,31,39H,5-6,16,19-20H2,1-4H3,(H,40,43)(H,45,46). The van der Waals surface area contributed by atoms with Crippen LogP contribution < -0.4 is 14.9 Å². The van der Waals surface area contributed by atoms with Crippen molar-refractivity contribution in [3.8, 4) is 0 Å². The summed E-state index contributed by atoms with van der Waals surface area (Å²) in [6.07, 6.45) is -2.04. The Morgan fingerprint density at radius 3 is 2.14 bits per heavy atom. The topological polar surface area (TPSA) is 155 Å². The Bertz CT molecular complexity index is 1770. The van der Waals surface area contributed by atoms with Crippen LogP contribution in [0.1, 0.15) is 39.7 Å². The highest BCUT2D eigenvalue weighted by Gasteiger charge is 2.39. The zero-order valence-corrected chi connectivity index (χ0v) is 30.6. The van der Waals surface area contributed by atoms with Crippen molar-refractivity contribution in [3.63, 3.8) is 0 Å². The molecule has 3 unspecified atom stereocenters. The van der Waals surface area contributed by atoms with Gasteiger partial charge in [-0.05, 0) is 63.6 Å². The number of hydrogen-bond acceptors (Lipinski definition) is 7. The van der Waals surface area contributed by atoms with Gasteiger partial charge in [0, 0.05) is 55.5 Å². The third-order valence-corrected chi connectivity index (χ3v) is 9.72. The minimum atomic E-state index is -4.49. The predicted molar refractivity (Wildman–Crippen MR) is 188 cm³/mol. The van der Waals surface area contributed by atoms with Crippen LogP contribution in [0, 0.1) is 11.6 Å². The molecule has 12 nitrogen and oxygen atoms in total. The molecule has 3 N–H and O–H groups in total. The van der Waals surface area contributed by atoms with Crippen molar-refractivity contribution in [3.05, 3.63) is 94.0 Å². The summed E-state index contributed by atoms with van der Waals surface area (Å²) in [5.41, 5.74) is 0.146. The highest BCUT2D eigenvalue weighted by atomic mass is 35.5. The number of carboxylic acid groups (broad SMARTS) is 1. The molecule has 3 rings (SSSR count). The van der Waals surface area contributed by atoms with Crippen LogP contribution in [0.15, 0.2) is 71.6 Å². The molecule has 0 aliphatic rings. The molecule has 17 heteroatoms. The van der Waals surface area contributed by atoms with Crippen molar-refractivity contribution in [2.24, 2.45) is 0 Å². The van der Waals surface area contributed by atoms with E-state index >= 15 is 0 Å². The van der Waals surface area contributed by atoms with E-state index in [1.165, 1.54) is 19.1 Å². The van der Waals surface area contributed by atoms with E-state index < -0.39 is 82.0 Å². The van der Waals surface area contributed by atoms with E-state index in [4.69, 9.17) is 32.7 Å². The molecule has 0 fully saturated rings. The van der Waals surface area contributed by atoms with E-state index in [0.717, 1.165) is 23.1 Å².